The SMILES string of the molecule is O=C(O)/C=C/c1ccccc1CCc1ccccc1. The second-order valence-corrected chi connectivity index (χ2v) is 4.36. The third kappa shape index (κ3) is 4.11. The van der Waals surface area contributed by atoms with E-state index in [1.54, 1.807) is 6.08 Å². The van der Waals surface area contributed by atoms with Crippen LogP contribution in [0.2, 0.25) is 0 Å². The largest absolute Gasteiger partial charge is 0.478 e. The minimum Gasteiger partial charge on any atom is -0.478 e. The summed E-state index contributed by atoms with van der Waals surface area (Å²) in [5, 5.41) is 8.69. The van der Waals surface area contributed by atoms with Crippen molar-refractivity contribution < 1.29 is 9.90 Å². The van der Waals surface area contributed by atoms with Crippen molar-refractivity contribution in [3.63, 3.8) is 0 Å². The van der Waals surface area contributed by atoms with Crippen LogP contribution in [-0.4, -0.2) is 11.1 Å². The van der Waals surface area contributed by atoms with Crippen LogP contribution < -0.4 is 0 Å². The number of hydrogen-bond acceptors (Lipinski definition) is 1. The lowest BCUT2D eigenvalue weighted by atomic mass is 9.99. The van der Waals surface area contributed by atoms with Crippen LogP contribution in [0, 0.1) is 0 Å². The van der Waals surface area contributed by atoms with Crippen molar-refractivity contribution in [3.05, 3.63) is 77.4 Å². The van der Waals surface area contributed by atoms with Crippen molar-refractivity contribution in [2.24, 2.45) is 0 Å². The van der Waals surface area contributed by atoms with Crippen molar-refractivity contribution in [1.82, 2.24) is 0 Å². The van der Waals surface area contributed by atoms with Gasteiger partial charge in [0.15, 0.2) is 0 Å². The standard InChI is InChI=1S/C17H16O2/c18-17(19)13-12-16-9-5-4-8-15(16)11-10-14-6-2-1-3-7-14/h1-9,12-13H,10-11H2,(H,18,19)/b13-12+. The number of aryl methyl sites for hydroxylation is 2. The van der Waals surface area contributed by atoms with E-state index < -0.39 is 5.97 Å². The molecule has 0 spiro atoms. The summed E-state index contributed by atoms with van der Waals surface area (Å²) in [6, 6.07) is 18.2. The van der Waals surface area contributed by atoms with Gasteiger partial charge in [-0.2, -0.15) is 0 Å². The van der Waals surface area contributed by atoms with E-state index in [1.165, 1.54) is 17.2 Å². The summed E-state index contributed by atoms with van der Waals surface area (Å²) in [5.41, 5.74) is 3.43. The summed E-state index contributed by atoms with van der Waals surface area (Å²) in [5.74, 6) is -0.919. The highest BCUT2D eigenvalue weighted by Crippen LogP contribution is 2.14. The number of carboxylic acids is 1. The number of hydrogen-bond donors (Lipinski definition) is 1. The Morgan fingerprint density at radius 1 is 0.947 bits per heavy atom. The van der Waals surface area contributed by atoms with Gasteiger partial charge in [-0.05, 0) is 35.6 Å². The molecule has 0 heterocycles. The van der Waals surface area contributed by atoms with Gasteiger partial charge in [0.05, 0.1) is 0 Å². The van der Waals surface area contributed by atoms with Gasteiger partial charge >= 0.3 is 5.97 Å². The highest BCUT2D eigenvalue weighted by Gasteiger charge is 2.00. The third-order valence-electron chi connectivity index (χ3n) is 2.99. The minimum atomic E-state index is -0.919. The number of benzene rings is 2. The van der Waals surface area contributed by atoms with Crippen LogP contribution in [0.25, 0.3) is 6.08 Å². The molecule has 19 heavy (non-hydrogen) atoms. The van der Waals surface area contributed by atoms with Crippen LogP contribution in [0.15, 0.2) is 60.7 Å². The van der Waals surface area contributed by atoms with Crippen LogP contribution in [0.5, 0.6) is 0 Å². The lowest BCUT2D eigenvalue weighted by molar-refractivity contribution is -0.131. The first kappa shape index (κ1) is 13.1. The smallest absolute Gasteiger partial charge is 0.328 e. The highest BCUT2D eigenvalue weighted by molar-refractivity contribution is 5.85. The Kier molecular flexibility index (Phi) is 4.51. The van der Waals surface area contributed by atoms with E-state index in [2.05, 4.69) is 12.1 Å². The average molecular weight is 252 g/mol. The van der Waals surface area contributed by atoms with Crippen LogP contribution in [0.4, 0.5) is 0 Å². The Hall–Kier alpha value is -2.35. The molecule has 0 atom stereocenters. The molecular weight excluding hydrogens is 236 g/mol. The molecule has 0 saturated heterocycles. The predicted octanol–water partition coefficient (Wildman–Crippen LogP) is 3.57. The van der Waals surface area contributed by atoms with Crippen LogP contribution in [-0.2, 0) is 17.6 Å². The highest BCUT2D eigenvalue weighted by atomic mass is 16.4. The van der Waals surface area contributed by atoms with Crippen molar-refractivity contribution in [2.75, 3.05) is 0 Å². The Morgan fingerprint density at radius 2 is 1.63 bits per heavy atom. The van der Waals surface area contributed by atoms with E-state index in [4.69, 9.17) is 5.11 Å². The lowest BCUT2D eigenvalue weighted by Gasteiger charge is -2.06. The first-order chi connectivity index (χ1) is 9.25. The Morgan fingerprint density at radius 3 is 2.37 bits per heavy atom. The zero-order chi connectivity index (χ0) is 13.5. The molecule has 2 nitrogen and oxygen atoms in total. The molecule has 0 saturated carbocycles. The van der Waals surface area contributed by atoms with Crippen molar-refractivity contribution in [1.29, 1.82) is 0 Å². The van der Waals surface area contributed by atoms with E-state index >= 15 is 0 Å². The Balaban J connectivity index is 2.10. The third-order valence-corrected chi connectivity index (χ3v) is 2.99. The lowest BCUT2D eigenvalue weighted by Crippen LogP contribution is -1.94. The van der Waals surface area contributed by atoms with E-state index in [0.29, 0.717) is 0 Å². The normalized spacial score (nSPS) is 10.7. The summed E-state index contributed by atoms with van der Waals surface area (Å²) >= 11 is 0. The molecule has 0 bridgehead atoms. The molecule has 0 fully saturated rings. The monoisotopic (exact) mass is 252 g/mol. The molecular formula is C17H16O2. The van der Waals surface area contributed by atoms with E-state index in [0.717, 1.165) is 18.4 Å². The van der Waals surface area contributed by atoms with Crippen LogP contribution in [0.1, 0.15) is 16.7 Å². The first-order valence-corrected chi connectivity index (χ1v) is 6.28. The quantitative estimate of drug-likeness (QED) is 0.826. The molecule has 0 aliphatic heterocycles. The molecule has 2 aromatic rings. The second kappa shape index (κ2) is 6.55. The molecule has 2 heteroatoms. The van der Waals surface area contributed by atoms with Gasteiger partial charge < -0.3 is 5.11 Å². The molecule has 0 aliphatic carbocycles. The molecule has 0 aromatic heterocycles. The van der Waals surface area contributed by atoms with Gasteiger partial charge in [-0.15, -0.1) is 0 Å². The van der Waals surface area contributed by atoms with Gasteiger partial charge in [0.2, 0.25) is 0 Å². The van der Waals surface area contributed by atoms with Gasteiger partial charge in [0, 0.05) is 6.08 Å². The van der Waals surface area contributed by atoms with E-state index in [1.807, 2.05) is 42.5 Å². The topological polar surface area (TPSA) is 37.3 Å². The fourth-order valence-corrected chi connectivity index (χ4v) is 2.01. The maximum Gasteiger partial charge on any atom is 0.328 e. The average Bonchev–Trinajstić information content (AvgIpc) is 2.45. The number of rotatable bonds is 5. The zero-order valence-electron chi connectivity index (χ0n) is 10.6. The van der Waals surface area contributed by atoms with Crippen molar-refractivity contribution in [3.8, 4) is 0 Å². The first-order valence-electron chi connectivity index (χ1n) is 6.28. The number of carbonyl (C=O) groups is 1. The Bertz CT molecular complexity index is 571. The van der Waals surface area contributed by atoms with Gasteiger partial charge in [-0.1, -0.05) is 54.6 Å². The summed E-state index contributed by atoms with van der Waals surface area (Å²) in [4.78, 5) is 10.6. The zero-order valence-corrected chi connectivity index (χ0v) is 10.6. The summed E-state index contributed by atoms with van der Waals surface area (Å²) in [6.07, 6.45) is 4.70. The number of aliphatic carboxylic acids is 1. The van der Waals surface area contributed by atoms with Crippen LogP contribution in [0.3, 0.4) is 0 Å². The molecule has 1 N–H and O–H groups in total. The Labute approximate surface area is 113 Å². The second-order valence-electron chi connectivity index (χ2n) is 4.36. The van der Waals surface area contributed by atoms with Gasteiger partial charge in [-0.3, -0.25) is 0 Å². The predicted molar refractivity (Wildman–Crippen MR) is 77.0 cm³/mol. The minimum absolute atomic E-state index is 0.907. The van der Waals surface area contributed by atoms with Crippen molar-refractivity contribution in [2.45, 2.75) is 12.8 Å². The molecule has 2 rings (SSSR count). The molecule has 2 aromatic carbocycles. The van der Waals surface area contributed by atoms with Crippen molar-refractivity contribution >= 4 is 12.0 Å². The molecule has 0 amide bonds. The fraction of sp³-hybridized carbons (Fsp3) is 0.118. The van der Waals surface area contributed by atoms with Gasteiger partial charge in [0.25, 0.3) is 0 Å². The fourth-order valence-electron chi connectivity index (χ4n) is 2.01. The molecule has 0 unspecified atom stereocenters. The van der Waals surface area contributed by atoms with E-state index in [9.17, 15) is 4.79 Å². The maximum atomic E-state index is 10.6. The van der Waals surface area contributed by atoms with Gasteiger partial charge in [-0.25, -0.2) is 4.79 Å². The summed E-state index contributed by atoms with van der Waals surface area (Å²) in [7, 11) is 0. The molecule has 0 radical (unpaired) electrons. The number of carboxylic acid groups (broad SMARTS) is 1. The summed E-state index contributed by atoms with van der Waals surface area (Å²) in [6.45, 7) is 0. The van der Waals surface area contributed by atoms with E-state index in [-0.39, 0.29) is 0 Å². The molecule has 0 aliphatic rings. The van der Waals surface area contributed by atoms with Gasteiger partial charge in [0.1, 0.15) is 0 Å². The summed E-state index contributed by atoms with van der Waals surface area (Å²) < 4.78 is 0. The molecule has 96 valence electrons. The van der Waals surface area contributed by atoms with Crippen LogP contribution >= 0.6 is 0 Å². The maximum absolute atomic E-state index is 10.6.